The van der Waals surface area contributed by atoms with Crippen LogP contribution < -0.4 is 11.1 Å². The van der Waals surface area contributed by atoms with Gasteiger partial charge in [0.05, 0.1) is 6.04 Å². The Hall–Kier alpha value is -0.780. The topological polar surface area (TPSA) is 50.4 Å². The predicted octanol–water partition coefficient (Wildman–Crippen LogP) is 2.83. The lowest BCUT2D eigenvalue weighted by molar-refractivity contribution is 0.686. The monoisotopic (exact) mass is 343 g/mol. The number of guanidine groups is 1. The van der Waals surface area contributed by atoms with Gasteiger partial charge < -0.3 is 11.1 Å². The molecule has 0 saturated heterocycles. The van der Waals surface area contributed by atoms with Crippen LogP contribution in [0, 0.1) is 11.8 Å². The zero-order valence-corrected chi connectivity index (χ0v) is 12.0. The maximum atomic E-state index is 5.87. The highest BCUT2D eigenvalue weighted by Crippen LogP contribution is 2.51. The van der Waals surface area contributed by atoms with Crippen molar-refractivity contribution in [2.45, 2.75) is 25.3 Å². The first-order valence-corrected chi connectivity index (χ1v) is 5.98. The van der Waals surface area contributed by atoms with Crippen molar-refractivity contribution in [3.63, 3.8) is 0 Å². The second-order valence-corrected chi connectivity index (χ2v) is 4.81. The van der Waals surface area contributed by atoms with E-state index in [0.29, 0.717) is 12.0 Å². The number of anilines is 1. The van der Waals surface area contributed by atoms with E-state index in [-0.39, 0.29) is 24.0 Å². The van der Waals surface area contributed by atoms with Crippen molar-refractivity contribution in [1.29, 1.82) is 0 Å². The van der Waals surface area contributed by atoms with Gasteiger partial charge in [-0.1, -0.05) is 18.2 Å². The first-order valence-electron chi connectivity index (χ1n) is 5.98. The first kappa shape index (κ1) is 12.7. The summed E-state index contributed by atoms with van der Waals surface area (Å²) in [4.78, 5) is 4.51. The molecule has 0 bridgehead atoms. The molecule has 2 atom stereocenters. The molecular formula is C13H18IN3. The molecule has 3 N–H and O–H groups in total. The van der Waals surface area contributed by atoms with Crippen LogP contribution in [0.15, 0.2) is 35.3 Å². The molecule has 2 aliphatic rings. The highest BCUT2D eigenvalue weighted by Gasteiger charge is 2.47. The van der Waals surface area contributed by atoms with Gasteiger partial charge in [-0.25, -0.2) is 4.99 Å². The normalized spacial score (nSPS) is 27.2. The smallest absolute Gasteiger partial charge is 0.193 e. The third kappa shape index (κ3) is 3.34. The van der Waals surface area contributed by atoms with Gasteiger partial charge >= 0.3 is 0 Å². The first-order chi connectivity index (χ1) is 7.83. The fourth-order valence-corrected chi connectivity index (χ4v) is 2.26. The number of para-hydroxylation sites is 1. The number of nitrogens with zero attached hydrogens (tertiary/aromatic N) is 1. The summed E-state index contributed by atoms with van der Waals surface area (Å²) in [6.45, 7) is 0. The fourth-order valence-electron chi connectivity index (χ4n) is 2.26. The number of nitrogens with one attached hydrogen (secondary N) is 1. The molecule has 0 aliphatic heterocycles. The number of aliphatic imine (C=N–C) groups is 1. The number of nitrogens with two attached hydrogens (primary N) is 1. The average molecular weight is 343 g/mol. The third-order valence-electron chi connectivity index (χ3n) is 3.38. The Bertz CT molecular complexity index is 400. The van der Waals surface area contributed by atoms with Gasteiger partial charge in [-0.15, -0.1) is 24.0 Å². The lowest BCUT2D eigenvalue weighted by Crippen LogP contribution is -2.23. The van der Waals surface area contributed by atoms with Gasteiger partial charge in [0.2, 0.25) is 0 Å². The second kappa shape index (κ2) is 5.25. The maximum absolute atomic E-state index is 5.87. The van der Waals surface area contributed by atoms with E-state index in [2.05, 4.69) is 10.3 Å². The van der Waals surface area contributed by atoms with E-state index >= 15 is 0 Å². The van der Waals surface area contributed by atoms with Crippen molar-refractivity contribution in [3.8, 4) is 0 Å². The SMILES string of the molecule is I.NC(=N[C@@H]1C[C@H]1C1CC1)Nc1ccccc1. The number of benzene rings is 1. The van der Waals surface area contributed by atoms with Crippen molar-refractivity contribution in [1.82, 2.24) is 0 Å². The van der Waals surface area contributed by atoms with Crippen LogP contribution in [0.1, 0.15) is 19.3 Å². The summed E-state index contributed by atoms with van der Waals surface area (Å²) < 4.78 is 0. The minimum Gasteiger partial charge on any atom is -0.370 e. The third-order valence-corrected chi connectivity index (χ3v) is 3.38. The molecule has 0 amide bonds. The molecular weight excluding hydrogens is 325 g/mol. The van der Waals surface area contributed by atoms with Crippen molar-refractivity contribution in [2.75, 3.05) is 5.32 Å². The van der Waals surface area contributed by atoms with Gasteiger partial charge in [-0.2, -0.15) is 0 Å². The Morgan fingerprint density at radius 1 is 1.24 bits per heavy atom. The molecule has 1 aromatic rings. The fraction of sp³-hybridized carbons (Fsp3) is 0.462. The number of halogens is 1. The Morgan fingerprint density at radius 3 is 2.59 bits per heavy atom. The lowest BCUT2D eigenvalue weighted by atomic mass is 10.3. The zero-order valence-electron chi connectivity index (χ0n) is 9.67. The van der Waals surface area contributed by atoms with E-state index in [1.807, 2.05) is 30.3 Å². The van der Waals surface area contributed by atoms with Gasteiger partial charge in [0.25, 0.3) is 0 Å². The molecule has 2 fully saturated rings. The quantitative estimate of drug-likeness (QED) is 0.504. The lowest BCUT2D eigenvalue weighted by Gasteiger charge is -2.04. The van der Waals surface area contributed by atoms with Crippen molar-refractivity contribution in [2.24, 2.45) is 22.6 Å². The van der Waals surface area contributed by atoms with Crippen molar-refractivity contribution in [3.05, 3.63) is 30.3 Å². The van der Waals surface area contributed by atoms with Gasteiger partial charge in [-0.3, -0.25) is 0 Å². The summed E-state index contributed by atoms with van der Waals surface area (Å²) in [6, 6.07) is 10.4. The standard InChI is InChI=1S/C13H17N3.HI/c14-13(15-10-4-2-1-3-5-10)16-12-8-11(12)9-6-7-9;/h1-5,9,11-12H,6-8H2,(H3,14,15,16);1H/t11-,12+;/m0./s1. The minimum atomic E-state index is 0. The van der Waals surface area contributed by atoms with E-state index in [0.717, 1.165) is 17.5 Å². The molecule has 1 aromatic carbocycles. The van der Waals surface area contributed by atoms with Gasteiger partial charge in [-0.05, 0) is 43.2 Å². The molecule has 92 valence electrons. The summed E-state index contributed by atoms with van der Waals surface area (Å²) >= 11 is 0. The van der Waals surface area contributed by atoms with Crippen LogP contribution in [0.4, 0.5) is 5.69 Å². The Labute approximate surface area is 119 Å². The van der Waals surface area contributed by atoms with Gasteiger partial charge in [0.15, 0.2) is 5.96 Å². The zero-order chi connectivity index (χ0) is 11.0. The molecule has 0 spiro atoms. The summed E-state index contributed by atoms with van der Waals surface area (Å²) in [5.74, 6) is 2.34. The van der Waals surface area contributed by atoms with Crippen LogP contribution in [-0.2, 0) is 0 Å². The second-order valence-electron chi connectivity index (χ2n) is 4.81. The van der Waals surface area contributed by atoms with Crippen LogP contribution in [-0.4, -0.2) is 12.0 Å². The number of rotatable bonds is 3. The molecule has 2 saturated carbocycles. The average Bonchev–Trinajstić information content (AvgIpc) is 3.12. The van der Waals surface area contributed by atoms with Crippen LogP contribution in [0.5, 0.6) is 0 Å². The van der Waals surface area contributed by atoms with E-state index < -0.39 is 0 Å². The molecule has 4 heteroatoms. The maximum Gasteiger partial charge on any atom is 0.193 e. The summed E-state index contributed by atoms with van der Waals surface area (Å²) in [7, 11) is 0. The Kier molecular flexibility index (Phi) is 3.91. The predicted molar refractivity (Wildman–Crippen MR) is 81.7 cm³/mol. The van der Waals surface area contributed by atoms with Crippen LogP contribution >= 0.6 is 24.0 Å². The summed E-state index contributed by atoms with van der Waals surface area (Å²) in [5, 5.41) is 3.12. The number of hydrogen-bond donors (Lipinski definition) is 2. The highest BCUT2D eigenvalue weighted by atomic mass is 127. The van der Waals surface area contributed by atoms with Crippen molar-refractivity contribution < 1.29 is 0 Å². The van der Waals surface area contributed by atoms with Crippen LogP contribution in [0.25, 0.3) is 0 Å². The highest BCUT2D eigenvalue weighted by molar-refractivity contribution is 14.0. The molecule has 0 aromatic heterocycles. The summed E-state index contributed by atoms with van der Waals surface area (Å²) in [6.07, 6.45) is 4.05. The molecule has 3 nitrogen and oxygen atoms in total. The van der Waals surface area contributed by atoms with E-state index in [9.17, 15) is 0 Å². The molecule has 0 heterocycles. The van der Waals surface area contributed by atoms with Crippen LogP contribution in [0.2, 0.25) is 0 Å². The Balaban J connectivity index is 0.00000108. The molecule has 17 heavy (non-hydrogen) atoms. The largest absolute Gasteiger partial charge is 0.370 e. The van der Waals surface area contributed by atoms with Crippen molar-refractivity contribution >= 4 is 35.6 Å². The molecule has 0 radical (unpaired) electrons. The number of hydrogen-bond acceptors (Lipinski definition) is 1. The van der Waals surface area contributed by atoms with E-state index in [4.69, 9.17) is 5.73 Å². The van der Waals surface area contributed by atoms with Crippen LogP contribution in [0.3, 0.4) is 0 Å². The summed E-state index contributed by atoms with van der Waals surface area (Å²) in [5.41, 5.74) is 6.88. The van der Waals surface area contributed by atoms with Gasteiger partial charge in [0, 0.05) is 5.69 Å². The molecule has 3 rings (SSSR count). The Morgan fingerprint density at radius 2 is 1.94 bits per heavy atom. The minimum absolute atomic E-state index is 0. The van der Waals surface area contributed by atoms with E-state index in [1.165, 1.54) is 19.3 Å². The van der Waals surface area contributed by atoms with Gasteiger partial charge in [0.1, 0.15) is 0 Å². The molecule has 2 aliphatic carbocycles. The van der Waals surface area contributed by atoms with E-state index in [1.54, 1.807) is 0 Å². The molecule has 0 unspecified atom stereocenters.